The van der Waals surface area contributed by atoms with Crippen LogP contribution in [0.1, 0.15) is 26.0 Å². The summed E-state index contributed by atoms with van der Waals surface area (Å²) in [5.74, 6) is 1.34. The third kappa shape index (κ3) is 3.80. The van der Waals surface area contributed by atoms with Gasteiger partial charge in [0.15, 0.2) is 0 Å². The molecule has 6 nitrogen and oxygen atoms in total. The summed E-state index contributed by atoms with van der Waals surface area (Å²) in [6.45, 7) is 8.79. The van der Waals surface area contributed by atoms with Crippen molar-refractivity contribution in [3.63, 3.8) is 0 Å². The molecule has 0 amide bonds. The Labute approximate surface area is 120 Å². The summed E-state index contributed by atoms with van der Waals surface area (Å²) in [5, 5.41) is 0. The van der Waals surface area contributed by atoms with Gasteiger partial charge in [0.2, 0.25) is 11.8 Å². The van der Waals surface area contributed by atoms with Crippen molar-refractivity contribution in [1.82, 2.24) is 9.97 Å². The van der Waals surface area contributed by atoms with Gasteiger partial charge in [0.1, 0.15) is 0 Å². The number of anilines is 1. The normalized spacial score (nSPS) is 20.8. The van der Waals surface area contributed by atoms with Gasteiger partial charge in [-0.3, -0.25) is 0 Å². The van der Waals surface area contributed by atoms with Crippen molar-refractivity contribution in [1.29, 1.82) is 0 Å². The average molecular weight is 280 g/mol. The van der Waals surface area contributed by atoms with Crippen molar-refractivity contribution in [2.45, 2.75) is 39.3 Å². The van der Waals surface area contributed by atoms with E-state index in [4.69, 9.17) is 15.2 Å². The van der Waals surface area contributed by atoms with Gasteiger partial charge in [-0.2, -0.15) is 4.98 Å². The number of rotatable bonds is 5. The lowest BCUT2D eigenvalue weighted by atomic mass is 10.1. The highest BCUT2D eigenvalue weighted by molar-refractivity contribution is 5.35. The standard InChI is InChI=1S/C14H24N4O2/c1-4-6-20-13-8-10(2)16-14(17-13)18-5-7-19-12(9-18)11(3)15/h8,11-12H,4-7,9,15H2,1-3H3. The van der Waals surface area contributed by atoms with E-state index in [1.54, 1.807) is 0 Å². The van der Waals surface area contributed by atoms with E-state index in [1.807, 2.05) is 19.9 Å². The smallest absolute Gasteiger partial charge is 0.229 e. The quantitative estimate of drug-likeness (QED) is 0.871. The molecule has 2 unspecified atom stereocenters. The van der Waals surface area contributed by atoms with E-state index in [0.29, 0.717) is 31.6 Å². The lowest BCUT2D eigenvalue weighted by Gasteiger charge is -2.34. The molecule has 1 saturated heterocycles. The molecule has 112 valence electrons. The number of hydrogen-bond donors (Lipinski definition) is 1. The molecular formula is C14H24N4O2. The van der Waals surface area contributed by atoms with Gasteiger partial charge in [-0.05, 0) is 20.3 Å². The molecule has 2 atom stereocenters. The van der Waals surface area contributed by atoms with Crippen LogP contribution in [0.2, 0.25) is 0 Å². The number of morpholine rings is 1. The highest BCUT2D eigenvalue weighted by Crippen LogP contribution is 2.18. The Kier molecular flexibility index (Phi) is 5.14. The monoisotopic (exact) mass is 280 g/mol. The van der Waals surface area contributed by atoms with Gasteiger partial charge in [-0.15, -0.1) is 0 Å². The zero-order chi connectivity index (χ0) is 14.5. The van der Waals surface area contributed by atoms with Gasteiger partial charge < -0.3 is 20.1 Å². The summed E-state index contributed by atoms with van der Waals surface area (Å²) in [6.07, 6.45) is 0.982. The van der Waals surface area contributed by atoms with Crippen LogP contribution < -0.4 is 15.4 Å². The molecule has 1 aromatic heterocycles. The van der Waals surface area contributed by atoms with Crippen LogP contribution >= 0.6 is 0 Å². The number of nitrogens with zero attached hydrogens (tertiary/aromatic N) is 3. The van der Waals surface area contributed by atoms with Crippen LogP contribution in [0.5, 0.6) is 5.88 Å². The molecule has 1 fully saturated rings. The van der Waals surface area contributed by atoms with Crippen LogP contribution in [-0.4, -0.2) is 48.4 Å². The topological polar surface area (TPSA) is 73.5 Å². The number of aromatic nitrogens is 2. The molecular weight excluding hydrogens is 256 g/mol. The second-order valence-corrected chi connectivity index (χ2v) is 5.21. The molecule has 2 N–H and O–H groups in total. The minimum atomic E-state index is -0.00146. The second kappa shape index (κ2) is 6.85. The summed E-state index contributed by atoms with van der Waals surface area (Å²) in [6, 6.07) is 1.86. The van der Waals surface area contributed by atoms with Crippen molar-refractivity contribution in [3.8, 4) is 5.88 Å². The number of aryl methyl sites for hydroxylation is 1. The molecule has 1 aliphatic rings. The van der Waals surface area contributed by atoms with E-state index in [9.17, 15) is 0 Å². The lowest BCUT2D eigenvalue weighted by molar-refractivity contribution is 0.0270. The minimum Gasteiger partial charge on any atom is -0.478 e. The highest BCUT2D eigenvalue weighted by atomic mass is 16.5. The average Bonchev–Trinajstić information content (AvgIpc) is 2.44. The Morgan fingerprint density at radius 2 is 2.35 bits per heavy atom. The molecule has 1 aliphatic heterocycles. The summed E-state index contributed by atoms with van der Waals surface area (Å²) in [4.78, 5) is 11.1. The molecule has 2 heterocycles. The van der Waals surface area contributed by atoms with Gasteiger partial charge in [0.25, 0.3) is 0 Å². The number of nitrogens with two attached hydrogens (primary N) is 1. The van der Waals surface area contributed by atoms with Crippen LogP contribution in [0.4, 0.5) is 5.95 Å². The van der Waals surface area contributed by atoms with E-state index >= 15 is 0 Å². The minimum absolute atomic E-state index is 0.00146. The Bertz CT molecular complexity index is 439. The Morgan fingerprint density at radius 3 is 3.05 bits per heavy atom. The molecule has 0 spiro atoms. The molecule has 2 rings (SSSR count). The maximum Gasteiger partial charge on any atom is 0.229 e. The molecule has 0 saturated carbocycles. The highest BCUT2D eigenvalue weighted by Gasteiger charge is 2.25. The van der Waals surface area contributed by atoms with Gasteiger partial charge in [-0.1, -0.05) is 6.92 Å². The molecule has 0 radical (unpaired) electrons. The fraction of sp³-hybridized carbons (Fsp3) is 0.714. The third-order valence-electron chi connectivity index (χ3n) is 3.24. The Balaban J connectivity index is 2.12. The fourth-order valence-corrected chi connectivity index (χ4v) is 2.12. The first kappa shape index (κ1) is 15.0. The van der Waals surface area contributed by atoms with E-state index in [1.165, 1.54) is 0 Å². The maximum absolute atomic E-state index is 5.92. The molecule has 0 bridgehead atoms. The third-order valence-corrected chi connectivity index (χ3v) is 3.24. The zero-order valence-corrected chi connectivity index (χ0v) is 12.5. The summed E-state index contributed by atoms with van der Waals surface area (Å²) >= 11 is 0. The summed E-state index contributed by atoms with van der Waals surface area (Å²) in [7, 11) is 0. The van der Waals surface area contributed by atoms with Crippen molar-refractivity contribution >= 4 is 5.95 Å². The predicted molar refractivity (Wildman–Crippen MR) is 78.2 cm³/mol. The number of hydrogen-bond acceptors (Lipinski definition) is 6. The first-order valence-electron chi connectivity index (χ1n) is 7.20. The van der Waals surface area contributed by atoms with E-state index < -0.39 is 0 Å². The molecule has 6 heteroatoms. The van der Waals surface area contributed by atoms with Crippen LogP contribution in [0.3, 0.4) is 0 Å². The number of ether oxygens (including phenoxy) is 2. The van der Waals surface area contributed by atoms with Crippen LogP contribution in [0.15, 0.2) is 6.07 Å². The Morgan fingerprint density at radius 1 is 1.55 bits per heavy atom. The first-order valence-corrected chi connectivity index (χ1v) is 7.20. The van der Waals surface area contributed by atoms with Gasteiger partial charge in [-0.25, -0.2) is 4.98 Å². The maximum atomic E-state index is 5.92. The largest absolute Gasteiger partial charge is 0.478 e. The van der Waals surface area contributed by atoms with Crippen LogP contribution in [-0.2, 0) is 4.74 Å². The van der Waals surface area contributed by atoms with E-state index in [-0.39, 0.29) is 12.1 Å². The molecule has 0 aliphatic carbocycles. The van der Waals surface area contributed by atoms with Crippen LogP contribution in [0, 0.1) is 6.92 Å². The Hall–Kier alpha value is -1.40. The summed E-state index contributed by atoms with van der Waals surface area (Å²) < 4.78 is 11.3. The zero-order valence-electron chi connectivity index (χ0n) is 12.5. The van der Waals surface area contributed by atoms with Gasteiger partial charge in [0, 0.05) is 30.9 Å². The van der Waals surface area contributed by atoms with Gasteiger partial charge >= 0.3 is 0 Å². The van der Waals surface area contributed by atoms with Gasteiger partial charge in [0.05, 0.1) is 19.3 Å². The summed E-state index contributed by atoms with van der Waals surface area (Å²) in [5.41, 5.74) is 6.82. The molecule has 20 heavy (non-hydrogen) atoms. The SMILES string of the molecule is CCCOc1cc(C)nc(N2CCOC(C(C)N)C2)n1. The predicted octanol–water partition coefficient (Wildman–Crippen LogP) is 1.13. The van der Waals surface area contributed by atoms with Crippen molar-refractivity contribution < 1.29 is 9.47 Å². The first-order chi connectivity index (χ1) is 9.60. The van der Waals surface area contributed by atoms with Crippen LogP contribution in [0.25, 0.3) is 0 Å². The lowest BCUT2D eigenvalue weighted by Crippen LogP contribution is -2.50. The van der Waals surface area contributed by atoms with Crippen molar-refractivity contribution in [2.75, 3.05) is 31.2 Å². The molecule has 0 aromatic carbocycles. The van der Waals surface area contributed by atoms with E-state index in [2.05, 4.69) is 21.8 Å². The van der Waals surface area contributed by atoms with Crippen molar-refractivity contribution in [3.05, 3.63) is 11.8 Å². The fourth-order valence-electron chi connectivity index (χ4n) is 2.12. The molecule has 1 aromatic rings. The van der Waals surface area contributed by atoms with E-state index in [0.717, 1.165) is 18.7 Å². The second-order valence-electron chi connectivity index (χ2n) is 5.21. The van der Waals surface area contributed by atoms with Crippen molar-refractivity contribution in [2.24, 2.45) is 5.73 Å².